The fraction of sp³-hybridized carbons (Fsp3) is 0.682. The van der Waals surface area contributed by atoms with Crippen LogP contribution in [0.2, 0.25) is 0 Å². The van der Waals surface area contributed by atoms with Crippen LogP contribution in [0.3, 0.4) is 0 Å². The Bertz CT molecular complexity index is 610. The molecule has 5 nitrogen and oxygen atoms in total. The molecule has 1 saturated heterocycles. The van der Waals surface area contributed by atoms with Crippen LogP contribution in [0.5, 0.6) is 0 Å². The molecular formula is C22H34FN3O2. The van der Waals surface area contributed by atoms with Gasteiger partial charge in [0, 0.05) is 18.7 Å². The number of nitrogens with zero attached hydrogens (tertiary/aromatic N) is 2. The second-order valence-electron chi connectivity index (χ2n) is 7.99. The van der Waals surface area contributed by atoms with Crippen LogP contribution in [0.25, 0.3) is 0 Å². The normalized spacial score (nSPS) is 20.8. The molecular weight excluding hydrogens is 357 g/mol. The molecule has 3 rings (SSSR count). The van der Waals surface area contributed by atoms with Crippen LogP contribution in [-0.4, -0.2) is 29.3 Å². The largest absolute Gasteiger partial charge is 0.430 e. The summed E-state index contributed by atoms with van der Waals surface area (Å²) in [5.41, 5.74) is 4.73. The minimum absolute atomic E-state index is 0.250. The molecule has 1 fully saturated rings. The minimum atomic E-state index is -0.416. The SMILES string of the molecule is O=C(ON1CCCCCCCCCCCCCN1)N1Cc2cccc(F)c2C1. The number of hydrogen-bond acceptors (Lipinski definition) is 4. The summed E-state index contributed by atoms with van der Waals surface area (Å²) < 4.78 is 13.9. The van der Waals surface area contributed by atoms with E-state index in [0.29, 0.717) is 18.7 Å². The molecule has 6 heteroatoms. The van der Waals surface area contributed by atoms with Crippen molar-refractivity contribution in [2.45, 2.75) is 83.7 Å². The van der Waals surface area contributed by atoms with Crippen molar-refractivity contribution < 1.29 is 14.0 Å². The Morgan fingerprint density at radius 3 is 2.21 bits per heavy atom. The Morgan fingerprint density at radius 2 is 1.54 bits per heavy atom. The molecule has 0 atom stereocenters. The second-order valence-corrected chi connectivity index (χ2v) is 7.99. The maximum Gasteiger partial charge on any atom is 0.430 e. The first kappa shape index (κ1) is 21.1. The standard InChI is InChI=1S/C22H34FN3O2/c23-21-14-12-13-19-17-25(18-20(19)21)22(27)28-26-16-11-9-7-5-3-1-2-4-6-8-10-15-24-26/h12-14,24H,1-11,15-18H2. The van der Waals surface area contributed by atoms with E-state index in [9.17, 15) is 9.18 Å². The summed E-state index contributed by atoms with van der Waals surface area (Å²) >= 11 is 0. The second kappa shape index (κ2) is 11.4. The van der Waals surface area contributed by atoms with Crippen molar-refractivity contribution >= 4 is 6.09 Å². The van der Waals surface area contributed by atoms with E-state index >= 15 is 0 Å². The molecule has 1 aromatic carbocycles. The Morgan fingerprint density at radius 1 is 0.893 bits per heavy atom. The van der Waals surface area contributed by atoms with Crippen molar-refractivity contribution in [1.29, 1.82) is 0 Å². The predicted octanol–water partition coefficient (Wildman–Crippen LogP) is 5.30. The summed E-state index contributed by atoms with van der Waals surface area (Å²) in [5, 5.41) is 1.60. The topological polar surface area (TPSA) is 44.8 Å². The molecule has 0 aliphatic carbocycles. The van der Waals surface area contributed by atoms with Gasteiger partial charge in [-0.2, -0.15) is 0 Å². The van der Waals surface area contributed by atoms with Crippen LogP contribution >= 0.6 is 0 Å². The van der Waals surface area contributed by atoms with Gasteiger partial charge in [0.15, 0.2) is 0 Å². The first-order valence-electron chi connectivity index (χ1n) is 11.0. The van der Waals surface area contributed by atoms with E-state index in [-0.39, 0.29) is 12.4 Å². The summed E-state index contributed by atoms with van der Waals surface area (Å²) in [5.74, 6) is -0.250. The van der Waals surface area contributed by atoms with E-state index in [0.717, 1.165) is 31.4 Å². The van der Waals surface area contributed by atoms with Gasteiger partial charge >= 0.3 is 6.09 Å². The first-order chi connectivity index (χ1) is 13.7. The van der Waals surface area contributed by atoms with E-state index in [1.165, 1.54) is 57.4 Å². The fourth-order valence-electron chi connectivity index (χ4n) is 3.99. The zero-order valence-corrected chi connectivity index (χ0v) is 16.9. The van der Waals surface area contributed by atoms with Gasteiger partial charge in [0.25, 0.3) is 0 Å². The molecule has 1 aromatic rings. The van der Waals surface area contributed by atoms with Crippen molar-refractivity contribution in [2.24, 2.45) is 0 Å². The van der Waals surface area contributed by atoms with Crippen LogP contribution in [0.4, 0.5) is 9.18 Å². The number of carbonyl (C=O) groups excluding carboxylic acids is 1. The lowest BCUT2D eigenvalue weighted by atomic mass is 10.1. The monoisotopic (exact) mass is 391 g/mol. The zero-order valence-electron chi connectivity index (χ0n) is 16.9. The Hall–Kier alpha value is -1.66. The third-order valence-electron chi connectivity index (χ3n) is 5.70. The molecule has 1 amide bonds. The maximum atomic E-state index is 13.9. The van der Waals surface area contributed by atoms with Crippen LogP contribution in [0.1, 0.15) is 81.8 Å². The molecule has 0 aromatic heterocycles. The number of hydrogen-bond donors (Lipinski definition) is 1. The van der Waals surface area contributed by atoms with Gasteiger partial charge in [0.1, 0.15) is 5.82 Å². The number of hydrazine groups is 1. The van der Waals surface area contributed by atoms with E-state index in [2.05, 4.69) is 5.43 Å². The third-order valence-corrected chi connectivity index (χ3v) is 5.70. The average molecular weight is 392 g/mol. The molecule has 0 spiro atoms. The molecule has 28 heavy (non-hydrogen) atoms. The highest BCUT2D eigenvalue weighted by atomic mass is 19.1. The molecule has 2 heterocycles. The van der Waals surface area contributed by atoms with Crippen molar-refractivity contribution in [3.05, 3.63) is 35.1 Å². The highest BCUT2D eigenvalue weighted by Gasteiger charge is 2.28. The lowest BCUT2D eigenvalue weighted by Crippen LogP contribution is -2.43. The van der Waals surface area contributed by atoms with Gasteiger partial charge in [-0.25, -0.2) is 14.6 Å². The van der Waals surface area contributed by atoms with Crippen molar-refractivity contribution in [3.8, 4) is 0 Å². The molecule has 0 saturated carbocycles. The lowest BCUT2D eigenvalue weighted by Gasteiger charge is -2.24. The van der Waals surface area contributed by atoms with Crippen LogP contribution < -0.4 is 5.43 Å². The molecule has 156 valence electrons. The number of hydroxylamine groups is 1. The van der Waals surface area contributed by atoms with Crippen LogP contribution in [0.15, 0.2) is 18.2 Å². The van der Waals surface area contributed by atoms with Gasteiger partial charge in [-0.05, 0) is 24.5 Å². The minimum Gasteiger partial charge on any atom is -0.335 e. The summed E-state index contributed by atoms with van der Waals surface area (Å²) in [6, 6.07) is 5.00. The van der Waals surface area contributed by atoms with Crippen LogP contribution in [-0.2, 0) is 17.9 Å². The number of nitrogens with one attached hydrogen (secondary N) is 1. The summed E-state index contributed by atoms with van der Waals surface area (Å²) in [4.78, 5) is 19.8. The molecule has 0 bridgehead atoms. The van der Waals surface area contributed by atoms with Crippen LogP contribution in [0, 0.1) is 5.82 Å². The average Bonchev–Trinajstić information content (AvgIpc) is 3.12. The number of fused-ring (bicyclic) bond motifs is 1. The summed E-state index contributed by atoms with van der Waals surface area (Å²) in [6.45, 7) is 2.16. The number of rotatable bonds is 1. The van der Waals surface area contributed by atoms with Gasteiger partial charge in [0.2, 0.25) is 0 Å². The number of carbonyl (C=O) groups is 1. The zero-order chi connectivity index (χ0) is 19.6. The van der Waals surface area contributed by atoms with Crippen molar-refractivity contribution in [2.75, 3.05) is 13.1 Å². The maximum absolute atomic E-state index is 13.9. The van der Waals surface area contributed by atoms with Gasteiger partial charge < -0.3 is 4.84 Å². The number of amides is 1. The van der Waals surface area contributed by atoms with E-state index in [1.807, 2.05) is 6.07 Å². The van der Waals surface area contributed by atoms with Gasteiger partial charge in [0.05, 0.1) is 13.1 Å². The highest BCUT2D eigenvalue weighted by molar-refractivity contribution is 5.68. The van der Waals surface area contributed by atoms with Crippen molar-refractivity contribution in [3.63, 3.8) is 0 Å². The molecule has 2 aliphatic rings. The van der Waals surface area contributed by atoms with Gasteiger partial charge in [-0.15, -0.1) is 0 Å². The molecule has 0 radical (unpaired) electrons. The predicted molar refractivity (Wildman–Crippen MR) is 108 cm³/mol. The lowest BCUT2D eigenvalue weighted by molar-refractivity contribution is -0.152. The van der Waals surface area contributed by atoms with E-state index < -0.39 is 6.09 Å². The quantitative estimate of drug-likeness (QED) is 0.705. The van der Waals surface area contributed by atoms with Crippen molar-refractivity contribution in [1.82, 2.24) is 15.5 Å². The Labute approximate surface area is 168 Å². The highest BCUT2D eigenvalue weighted by Crippen LogP contribution is 2.25. The van der Waals surface area contributed by atoms with Gasteiger partial charge in [-0.3, -0.25) is 4.90 Å². The number of halogens is 1. The molecule has 0 unspecified atom stereocenters. The van der Waals surface area contributed by atoms with E-state index in [4.69, 9.17) is 4.84 Å². The summed E-state index contributed by atoms with van der Waals surface area (Å²) in [7, 11) is 0. The Balaban J connectivity index is 1.49. The van der Waals surface area contributed by atoms with E-state index in [1.54, 1.807) is 16.1 Å². The summed E-state index contributed by atoms with van der Waals surface area (Å²) in [6.07, 6.45) is 13.2. The Kier molecular flexibility index (Phi) is 8.55. The first-order valence-corrected chi connectivity index (χ1v) is 11.0. The third kappa shape index (κ3) is 6.45. The molecule has 2 aliphatic heterocycles. The number of benzene rings is 1. The van der Waals surface area contributed by atoms with Gasteiger partial charge in [-0.1, -0.05) is 75.1 Å². The smallest absolute Gasteiger partial charge is 0.335 e. The fourth-order valence-corrected chi connectivity index (χ4v) is 3.99. The molecule has 1 N–H and O–H groups in total.